The third kappa shape index (κ3) is 5.66. The van der Waals surface area contributed by atoms with Crippen molar-refractivity contribution in [3.05, 3.63) is 74.0 Å². The van der Waals surface area contributed by atoms with E-state index in [1.165, 1.54) is 62.2 Å². The highest BCUT2D eigenvalue weighted by atomic mass is 127. The maximum atomic E-state index is 6.60. The van der Waals surface area contributed by atoms with Crippen LogP contribution >= 0.6 is 90.4 Å². The Morgan fingerprint density at radius 2 is 0.968 bits per heavy atom. The summed E-state index contributed by atoms with van der Waals surface area (Å²) in [5.74, 6) is 3.19. The first-order valence-corrected chi connectivity index (χ1v) is 15.1. The van der Waals surface area contributed by atoms with Gasteiger partial charge in [0, 0.05) is 7.14 Å². The van der Waals surface area contributed by atoms with E-state index in [1.807, 2.05) is 0 Å². The lowest BCUT2D eigenvalue weighted by molar-refractivity contribution is 0.462. The van der Waals surface area contributed by atoms with E-state index in [-0.39, 0.29) is 0 Å². The Morgan fingerprint density at radius 1 is 0.613 bits per heavy atom. The fourth-order valence-corrected chi connectivity index (χ4v) is 9.61. The Kier molecular flexibility index (Phi) is 8.72. The monoisotopic (exact) mass is 862 g/mol. The fourth-order valence-electron chi connectivity index (χ4n) is 4.75. The van der Waals surface area contributed by atoms with E-state index in [0.717, 1.165) is 37.2 Å². The van der Waals surface area contributed by atoms with E-state index < -0.39 is 0 Å². The molecule has 0 heterocycles. The minimum Gasteiger partial charge on any atom is -0.455 e. The number of benzene rings is 2. The predicted octanol–water partition coefficient (Wildman–Crippen LogP) is 10.3. The second kappa shape index (κ2) is 10.9. The number of hydrogen-bond acceptors (Lipinski definition) is 1. The zero-order valence-electron chi connectivity index (χ0n) is 17.5. The maximum absolute atomic E-state index is 6.60. The molecule has 0 atom stereocenters. The Morgan fingerprint density at radius 3 is 1.32 bits per heavy atom. The summed E-state index contributed by atoms with van der Waals surface area (Å²) < 4.78 is 11.8. The maximum Gasteiger partial charge on any atom is 0.141 e. The van der Waals surface area contributed by atoms with Crippen molar-refractivity contribution in [1.29, 1.82) is 0 Å². The van der Waals surface area contributed by atoms with Gasteiger partial charge in [0.25, 0.3) is 0 Å². The zero-order valence-corrected chi connectivity index (χ0v) is 26.1. The fraction of sp³-hybridized carbons (Fsp3) is 0.385. The van der Waals surface area contributed by atoms with E-state index in [2.05, 4.69) is 128 Å². The van der Waals surface area contributed by atoms with Gasteiger partial charge in [-0.25, -0.2) is 0 Å². The highest BCUT2D eigenvalue weighted by Crippen LogP contribution is 2.45. The van der Waals surface area contributed by atoms with Crippen LogP contribution in [0.3, 0.4) is 0 Å². The molecule has 2 fully saturated rings. The van der Waals surface area contributed by atoms with Gasteiger partial charge in [-0.3, -0.25) is 0 Å². The van der Waals surface area contributed by atoms with Crippen molar-refractivity contribution < 1.29 is 4.74 Å². The van der Waals surface area contributed by atoms with Gasteiger partial charge in [0.2, 0.25) is 0 Å². The van der Waals surface area contributed by atoms with Crippen LogP contribution in [-0.4, -0.2) is 0 Å². The molecule has 0 aliphatic heterocycles. The molecule has 0 unspecified atom stereocenters. The quantitative estimate of drug-likeness (QED) is 0.220. The number of halogens is 4. The highest BCUT2D eigenvalue weighted by molar-refractivity contribution is 14.1. The first-order valence-electron chi connectivity index (χ1n) is 10.8. The smallest absolute Gasteiger partial charge is 0.141 e. The van der Waals surface area contributed by atoms with Gasteiger partial charge >= 0.3 is 0 Å². The Labute approximate surface area is 240 Å². The second-order valence-corrected chi connectivity index (χ2v) is 13.2. The Balaban J connectivity index is 1.64. The zero-order chi connectivity index (χ0) is 22.1. The molecule has 31 heavy (non-hydrogen) atoms. The van der Waals surface area contributed by atoms with E-state index in [4.69, 9.17) is 4.74 Å². The van der Waals surface area contributed by atoms with Crippen LogP contribution in [0.25, 0.3) is 0 Å². The van der Waals surface area contributed by atoms with Gasteiger partial charge in [-0.1, -0.05) is 24.3 Å². The van der Waals surface area contributed by atoms with Gasteiger partial charge in [0.1, 0.15) is 11.5 Å². The molecule has 0 spiro atoms. The summed E-state index contributed by atoms with van der Waals surface area (Å²) in [6.07, 6.45) is 9.39. The van der Waals surface area contributed by atoms with Gasteiger partial charge in [0.15, 0.2) is 0 Å². The van der Waals surface area contributed by atoms with Crippen molar-refractivity contribution in [2.75, 3.05) is 0 Å². The van der Waals surface area contributed by atoms with Crippen LogP contribution < -0.4 is 4.74 Å². The van der Waals surface area contributed by atoms with Crippen LogP contribution in [0.15, 0.2) is 48.6 Å². The summed E-state index contributed by atoms with van der Waals surface area (Å²) in [6.45, 7) is 8.39. The lowest BCUT2D eigenvalue weighted by atomic mass is 9.82. The summed E-state index contributed by atoms with van der Waals surface area (Å²) in [5, 5.41) is 0. The summed E-state index contributed by atoms with van der Waals surface area (Å²) in [7, 11) is 0. The summed E-state index contributed by atoms with van der Waals surface area (Å²) in [6, 6.07) is 8.74. The van der Waals surface area contributed by atoms with E-state index >= 15 is 0 Å². The topological polar surface area (TPSA) is 9.23 Å². The number of hydrogen-bond donors (Lipinski definition) is 0. The average Bonchev–Trinajstić information content (AvgIpc) is 2.75. The average molecular weight is 862 g/mol. The normalized spacial score (nSPS) is 18.5. The molecule has 0 N–H and O–H groups in total. The molecule has 0 aromatic heterocycles. The van der Waals surface area contributed by atoms with E-state index in [0.29, 0.717) is 11.8 Å². The molecule has 1 nitrogen and oxygen atoms in total. The molecule has 0 radical (unpaired) electrons. The molecule has 5 heteroatoms. The minimum atomic E-state index is 0.606. The SMILES string of the molecule is C=C1CCC(c2c(I)ccc(Oc3ccc(I)c(C4CCC(=C)CC4)c3I)c2I)CC1. The number of allylic oxidation sites excluding steroid dienone is 2. The number of ether oxygens (including phenoxy) is 1. The van der Waals surface area contributed by atoms with Gasteiger partial charge in [0.05, 0.1) is 7.14 Å². The molecular weight excluding hydrogens is 836 g/mol. The first kappa shape index (κ1) is 24.8. The molecule has 4 rings (SSSR count). The Bertz CT molecular complexity index is 925. The molecule has 0 bridgehead atoms. The summed E-state index contributed by atoms with van der Waals surface area (Å²) in [5.41, 5.74) is 5.75. The van der Waals surface area contributed by atoms with E-state index in [9.17, 15) is 0 Å². The van der Waals surface area contributed by atoms with Crippen molar-refractivity contribution in [2.45, 2.75) is 63.2 Å². The lowest BCUT2D eigenvalue weighted by Gasteiger charge is -2.27. The highest BCUT2D eigenvalue weighted by Gasteiger charge is 2.26. The largest absolute Gasteiger partial charge is 0.455 e. The van der Waals surface area contributed by atoms with Crippen molar-refractivity contribution in [3.8, 4) is 11.5 Å². The minimum absolute atomic E-state index is 0.606. The third-order valence-electron chi connectivity index (χ3n) is 6.60. The van der Waals surface area contributed by atoms with Crippen molar-refractivity contribution in [2.24, 2.45) is 0 Å². The third-order valence-corrected chi connectivity index (χ3v) is 10.7. The molecule has 0 saturated heterocycles. The van der Waals surface area contributed by atoms with Crippen molar-refractivity contribution >= 4 is 90.4 Å². The van der Waals surface area contributed by atoms with Crippen molar-refractivity contribution in [1.82, 2.24) is 0 Å². The molecule has 0 amide bonds. The molecule has 2 aromatic carbocycles. The van der Waals surface area contributed by atoms with Crippen molar-refractivity contribution in [3.63, 3.8) is 0 Å². The first-order chi connectivity index (χ1) is 14.8. The molecule has 2 aliphatic carbocycles. The predicted molar refractivity (Wildman–Crippen MR) is 165 cm³/mol. The van der Waals surface area contributed by atoms with Crippen LogP contribution in [0, 0.1) is 14.3 Å². The van der Waals surface area contributed by atoms with Gasteiger partial charge in [-0.05, 0) is 189 Å². The van der Waals surface area contributed by atoms with Gasteiger partial charge in [-0.15, -0.1) is 0 Å². The summed E-state index contributed by atoms with van der Waals surface area (Å²) >= 11 is 10.0. The van der Waals surface area contributed by atoms with Crippen LogP contribution in [0.2, 0.25) is 0 Å². The van der Waals surface area contributed by atoms with Gasteiger partial charge < -0.3 is 4.74 Å². The van der Waals surface area contributed by atoms with Crippen LogP contribution in [0.5, 0.6) is 11.5 Å². The standard InChI is InChI=1S/C26H26I4O/c1-15-3-7-17(8-4-15)23-19(27)11-13-21(25(23)29)31-22-14-12-20(28)24(26(22)30)18-9-5-16(2)6-10-18/h11-14,17-18H,1-10H2. The lowest BCUT2D eigenvalue weighted by Crippen LogP contribution is -2.11. The van der Waals surface area contributed by atoms with Gasteiger partial charge in [-0.2, -0.15) is 0 Å². The number of rotatable bonds is 4. The molecule has 2 aliphatic rings. The second-order valence-electron chi connectivity index (χ2n) is 8.70. The molecule has 2 saturated carbocycles. The summed E-state index contributed by atoms with van der Waals surface area (Å²) in [4.78, 5) is 0. The van der Waals surface area contributed by atoms with Crippen LogP contribution in [0.1, 0.15) is 74.3 Å². The van der Waals surface area contributed by atoms with E-state index in [1.54, 1.807) is 0 Å². The van der Waals surface area contributed by atoms with Crippen LogP contribution in [0.4, 0.5) is 0 Å². The molecular formula is C26H26I4O. The Hall–Kier alpha value is 0.640. The van der Waals surface area contributed by atoms with Crippen LogP contribution in [-0.2, 0) is 0 Å². The molecule has 164 valence electrons. The molecule has 2 aromatic rings.